The third-order valence-corrected chi connectivity index (χ3v) is 4.42. The molecule has 2 bridgehead atoms. The summed E-state index contributed by atoms with van der Waals surface area (Å²) in [5.41, 5.74) is -0.0584. The molecule has 5 heteroatoms. The van der Waals surface area contributed by atoms with Crippen LogP contribution >= 0.6 is 0 Å². The van der Waals surface area contributed by atoms with Gasteiger partial charge in [0.25, 0.3) is 0 Å². The van der Waals surface area contributed by atoms with Crippen molar-refractivity contribution in [1.82, 2.24) is 4.90 Å². The average molecular weight is 281 g/mol. The number of hydrogen-bond donors (Lipinski definition) is 1. The minimum Gasteiger partial charge on any atom is -0.393 e. The molecule has 2 fully saturated rings. The van der Waals surface area contributed by atoms with Crippen molar-refractivity contribution in [3.8, 4) is 0 Å². The maximum Gasteiger partial charge on any atom is 0.179 e. The highest BCUT2D eigenvalue weighted by atomic mass is 19.1. The van der Waals surface area contributed by atoms with Crippen molar-refractivity contribution in [1.29, 1.82) is 0 Å². The molecular formula is C15H17F2NO2. The van der Waals surface area contributed by atoms with Crippen molar-refractivity contribution in [3.05, 3.63) is 35.4 Å². The molecule has 0 amide bonds. The van der Waals surface area contributed by atoms with Crippen molar-refractivity contribution >= 4 is 5.78 Å². The van der Waals surface area contributed by atoms with Gasteiger partial charge in [-0.25, -0.2) is 8.78 Å². The summed E-state index contributed by atoms with van der Waals surface area (Å²) in [7, 11) is 0. The number of rotatable bonds is 3. The van der Waals surface area contributed by atoms with Crippen LogP contribution in [0.15, 0.2) is 18.2 Å². The van der Waals surface area contributed by atoms with Crippen molar-refractivity contribution in [2.75, 3.05) is 6.54 Å². The quantitative estimate of drug-likeness (QED) is 0.863. The third kappa shape index (κ3) is 2.47. The van der Waals surface area contributed by atoms with Crippen LogP contribution in [0.3, 0.4) is 0 Å². The molecule has 2 unspecified atom stereocenters. The van der Waals surface area contributed by atoms with Crippen LogP contribution in [0.1, 0.15) is 36.0 Å². The van der Waals surface area contributed by atoms with Crippen LogP contribution in [0.5, 0.6) is 0 Å². The zero-order valence-electron chi connectivity index (χ0n) is 11.1. The van der Waals surface area contributed by atoms with E-state index < -0.39 is 11.6 Å². The maximum atomic E-state index is 13.6. The molecule has 2 atom stereocenters. The Morgan fingerprint density at radius 3 is 2.50 bits per heavy atom. The molecule has 1 N–H and O–H groups in total. The van der Waals surface area contributed by atoms with Gasteiger partial charge in [0, 0.05) is 18.2 Å². The lowest BCUT2D eigenvalue weighted by atomic mass is 9.99. The van der Waals surface area contributed by atoms with Gasteiger partial charge in [-0.2, -0.15) is 0 Å². The van der Waals surface area contributed by atoms with E-state index in [0.29, 0.717) is 12.8 Å². The summed E-state index contributed by atoms with van der Waals surface area (Å²) in [6.45, 7) is 0.143. The summed E-state index contributed by atoms with van der Waals surface area (Å²) in [5, 5.41) is 9.72. The topological polar surface area (TPSA) is 40.5 Å². The van der Waals surface area contributed by atoms with Crippen molar-refractivity contribution in [3.63, 3.8) is 0 Å². The monoisotopic (exact) mass is 281 g/mol. The van der Waals surface area contributed by atoms with E-state index in [0.717, 1.165) is 25.0 Å². The second kappa shape index (κ2) is 5.22. The minimum absolute atomic E-state index is 0.0584. The number of piperidine rings is 1. The molecular weight excluding hydrogens is 264 g/mol. The molecule has 3 rings (SSSR count). The fourth-order valence-electron chi connectivity index (χ4n) is 3.47. The SMILES string of the molecule is O=C(CN1C2CCC1CC(O)C2)c1ccc(F)cc1F. The van der Waals surface area contributed by atoms with E-state index in [4.69, 9.17) is 0 Å². The molecule has 0 aliphatic carbocycles. The van der Waals surface area contributed by atoms with Crippen molar-refractivity contribution in [2.45, 2.75) is 43.9 Å². The molecule has 0 saturated carbocycles. The fourth-order valence-corrected chi connectivity index (χ4v) is 3.47. The predicted octanol–water partition coefficient (Wildman–Crippen LogP) is 2.14. The van der Waals surface area contributed by atoms with Crippen molar-refractivity contribution in [2.24, 2.45) is 0 Å². The van der Waals surface area contributed by atoms with Crippen LogP contribution in [-0.2, 0) is 0 Å². The molecule has 1 aromatic carbocycles. The highest BCUT2D eigenvalue weighted by Crippen LogP contribution is 2.35. The standard InChI is InChI=1S/C15H17F2NO2/c16-9-1-4-13(14(17)5-9)15(20)8-18-10-2-3-11(18)7-12(19)6-10/h1,4-5,10-12,19H,2-3,6-8H2. The summed E-state index contributed by atoms with van der Waals surface area (Å²) in [5.74, 6) is -1.81. The number of benzene rings is 1. The molecule has 20 heavy (non-hydrogen) atoms. The van der Waals surface area contributed by atoms with Gasteiger partial charge < -0.3 is 5.11 Å². The lowest BCUT2D eigenvalue weighted by Crippen LogP contribution is -2.47. The van der Waals surface area contributed by atoms with Gasteiger partial charge >= 0.3 is 0 Å². The van der Waals surface area contributed by atoms with Crippen LogP contribution in [-0.4, -0.2) is 40.5 Å². The zero-order chi connectivity index (χ0) is 14.3. The molecule has 108 valence electrons. The Kier molecular flexibility index (Phi) is 3.56. The number of fused-ring (bicyclic) bond motifs is 2. The van der Waals surface area contributed by atoms with Gasteiger partial charge in [0.1, 0.15) is 11.6 Å². The van der Waals surface area contributed by atoms with Crippen molar-refractivity contribution < 1.29 is 18.7 Å². The van der Waals surface area contributed by atoms with E-state index >= 15 is 0 Å². The van der Waals surface area contributed by atoms with Gasteiger partial charge in [-0.1, -0.05) is 0 Å². The fraction of sp³-hybridized carbons (Fsp3) is 0.533. The van der Waals surface area contributed by atoms with E-state index in [1.807, 2.05) is 0 Å². The van der Waals surface area contributed by atoms with Gasteiger partial charge in [0.15, 0.2) is 5.78 Å². The van der Waals surface area contributed by atoms with Gasteiger partial charge in [-0.3, -0.25) is 9.69 Å². The lowest BCUT2D eigenvalue weighted by molar-refractivity contribution is 0.0343. The Labute approximate surface area is 116 Å². The molecule has 2 heterocycles. The summed E-state index contributed by atoms with van der Waals surface area (Å²) in [6, 6.07) is 3.45. The third-order valence-electron chi connectivity index (χ3n) is 4.42. The molecule has 1 aromatic rings. The lowest BCUT2D eigenvalue weighted by Gasteiger charge is -2.36. The van der Waals surface area contributed by atoms with Gasteiger partial charge in [-0.05, 0) is 37.8 Å². The Balaban J connectivity index is 1.73. The smallest absolute Gasteiger partial charge is 0.179 e. The summed E-state index contributed by atoms with van der Waals surface area (Å²) < 4.78 is 26.5. The summed E-state index contributed by atoms with van der Waals surface area (Å²) >= 11 is 0. The second-order valence-electron chi connectivity index (χ2n) is 5.73. The molecule has 2 aliphatic heterocycles. The highest BCUT2D eigenvalue weighted by molar-refractivity contribution is 5.97. The second-order valence-corrected chi connectivity index (χ2v) is 5.73. The number of carbonyl (C=O) groups is 1. The first-order valence-corrected chi connectivity index (χ1v) is 6.96. The Bertz CT molecular complexity index is 521. The summed E-state index contributed by atoms with van der Waals surface area (Å²) in [6.07, 6.45) is 3.01. The predicted molar refractivity (Wildman–Crippen MR) is 69.4 cm³/mol. The Hall–Kier alpha value is -1.33. The van der Waals surface area contributed by atoms with E-state index in [1.54, 1.807) is 0 Å². The van der Waals surface area contributed by atoms with Gasteiger partial charge in [-0.15, -0.1) is 0 Å². The maximum absolute atomic E-state index is 13.6. The molecule has 2 aliphatic rings. The number of ketones is 1. The van der Waals surface area contributed by atoms with Crippen LogP contribution in [0, 0.1) is 11.6 Å². The molecule has 2 saturated heterocycles. The van der Waals surface area contributed by atoms with E-state index in [2.05, 4.69) is 4.90 Å². The number of aliphatic hydroxyl groups is 1. The number of nitrogens with zero attached hydrogens (tertiary/aromatic N) is 1. The van der Waals surface area contributed by atoms with Crippen LogP contribution < -0.4 is 0 Å². The van der Waals surface area contributed by atoms with Gasteiger partial charge in [0.2, 0.25) is 0 Å². The Morgan fingerprint density at radius 1 is 1.25 bits per heavy atom. The van der Waals surface area contributed by atoms with Crippen LogP contribution in [0.4, 0.5) is 8.78 Å². The molecule has 3 nitrogen and oxygen atoms in total. The molecule has 0 radical (unpaired) electrons. The molecule has 0 spiro atoms. The zero-order valence-corrected chi connectivity index (χ0v) is 11.1. The van der Waals surface area contributed by atoms with Crippen LogP contribution in [0.2, 0.25) is 0 Å². The number of carbonyl (C=O) groups excluding carboxylic acids is 1. The number of hydrogen-bond acceptors (Lipinski definition) is 3. The number of Topliss-reactive ketones (excluding diaryl/α,β-unsaturated/α-hetero) is 1. The first-order valence-electron chi connectivity index (χ1n) is 6.96. The van der Waals surface area contributed by atoms with Crippen LogP contribution in [0.25, 0.3) is 0 Å². The summed E-state index contributed by atoms with van der Waals surface area (Å²) in [4.78, 5) is 14.2. The first kappa shape index (κ1) is 13.6. The van der Waals surface area contributed by atoms with E-state index in [1.165, 1.54) is 6.07 Å². The largest absolute Gasteiger partial charge is 0.393 e. The van der Waals surface area contributed by atoms with Gasteiger partial charge in [0.05, 0.1) is 18.2 Å². The number of halogens is 2. The first-order chi connectivity index (χ1) is 9.54. The number of aliphatic hydroxyl groups excluding tert-OH is 1. The Morgan fingerprint density at radius 2 is 1.90 bits per heavy atom. The van der Waals surface area contributed by atoms with E-state index in [-0.39, 0.29) is 36.1 Å². The van der Waals surface area contributed by atoms with E-state index in [9.17, 15) is 18.7 Å². The average Bonchev–Trinajstić information content (AvgIpc) is 2.62. The minimum atomic E-state index is -0.806. The normalized spacial score (nSPS) is 29.6. The molecule has 0 aromatic heterocycles. The highest BCUT2D eigenvalue weighted by Gasteiger charge is 2.40.